The van der Waals surface area contributed by atoms with Crippen molar-refractivity contribution in [3.05, 3.63) is 19.2 Å². The second-order valence-corrected chi connectivity index (χ2v) is 7.20. The van der Waals surface area contributed by atoms with Crippen molar-refractivity contribution in [2.24, 2.45) is 5.92 Å². The molecule has 1 aliphatic rings. The van der Waals surface area contributed by atoms with E-state index in [-0.39, 0.29) is 5.38 Å². The molecule has 0 radical (unpaired) electrons. The molecular weight excluding hydrogens is 335 g/mol. The summed E-state index contributed by atoms with van der Waals surface area (Å²) in [5.74, 6) is 0.891. The first-order valence-electron chi connectivity index (χ1n) is 4.25. The van der Waals surface area contributed by atoms with Gasteiger partial charge in [-0.15, -0.1) is 22.9 Å². The second kappa shape index (κ2) is 4.21. The van der Waals surface area contributed by atoms with Crippen LogP contribution in [0, 0.1) is 5.92 Å². The highest BCUT2D eigenvalue weighted by Gasteiger charge is 2.26. The van der Waals surface area contributed by atoms with Crippen molar-refractivity contribution in [3.63, 3.8) is 0 Å². The number of hydrogen-bond acceptors (Lipinski definition) is 1. The molecule has 0 saturated heterocycles. The van der Waals surface area contributed by atoms with E-state index in [1.54, 1.807) is 11.3 Å². The summed E-state index contributed by atoms with van der Waals surface area (Å²) in [4.78, 5) is 1.27. The van der Waals surface area contributed by atoms with Crippen molar-refractivity contribution < 1.29 is 0 Å². The molecule has 1 unspecified atom stereocenters. The zero-order valence-electron chi connectivity index (χ0n) is 6.90. The standard InChI is InChI=1S/C9H9Br2ClS/c10-6-4-8(13-9(6)11)7(12)3-5-1-2-5/h4-5,7H,1-3H2. The van der Waals surface area contributed by atoms with E-state index in [4.69, 9.17) is 11.6 Å². The summed E-state index contributed by atoms with van der Waals surface area (Å²) in [5.41, 5.74) is 0. The molecule has 0 bridgehead atoms. The minimum atomic E-state index is 0.208. The Morgan fingerprint density at radius 2 is 2.23 bits per heavy atom. The first-order valence-corrected chi connectivity index (χ1v) is 7.09. The molecule has 0 N–H and O–H groups in total. The molecule has 0 aromatic carbocycles. The first kappa shape index (κ1) is 10.5. The van der Waals surface area contributed by atoms with E-state index in [1.165, 1.54) is 17.7 Å². The third kappa shape index (κ3) is 2.71. The minimum Gasteiger partial charge on any atom is -0.131 e. The van der Waals surface area contributed by atoms with Gasteiger partial charge in [-0.3, -0.25) is 0 Å². The Morgan fingerprint density at radius 1 is 1.54 bits per heavy atom. The van der Waals surface area contributed by atoms with Crippen molar-refractivity contribution in [2.45, 2.75) is 24.6 Å². The number of thiophene rings is 1. The van der Waals surface area contributed by atoms with E-state index in [9.17, 15) is 0 Å². The van der Waals surface area contributed by atoms with Crippen molar-refractivity contribution in [2.75, 3.05) is 0 Å². The van der Waals surface area contributed by atoms with E-state index >= 15 is 0 Å². The van der Waals surface area contributed by atoms with Crippen LogP contribution in [0.1, 0.15) is 29.5 Å². The van der Waals surface area contributed by atoms with E-state index in [0.717, 1.165) is 20.6 Å². The molecule has 0 aliphatic heterocycles. The van der Waals surface area contributed by atoms with Crippen LogP contribution in [0.25, 0.3) is 0 Å². The van der Waals surface area contributed by atoms with Crippen LogP contribution in [0.15, 0.2) is 14.3 Å². The van der Waals surface area contributed by atoms with Gasteiger partial charge in [-0.1, -0.05) is 12.8 Å². The highest BCUT2D eigenvalue weighted by molar-refractivity contribution is 9.13. The maximum Gasteiger partial charge on any atom is 0.0843 e. The minimum absolute atomic E-state index is 0.208. The molecule has 1 aliphatic carbocycles. The molecule has 0 nitrogen and oxygen atoms in total. The molecule has 72 valence electrons. The third-order valence-electron chi connectivity index (χ3n) is 2.21. The van der Waals surface area contributed by atoms with Gasteiger partial charge in [-0.05, 0) is 50.3 Å². The van der Waals surface area contributed by atoms with E-state index in [0.29, 0.717) is 0 Å². The molecule has 1 saturated carbocycles. The van der Waals surface area contributed by atoms with Crippen LogP contribution in [0.5, 0.6) is 0 Å². The van der Waals surface area contributed by atoms with Crippen molar-refractivity contribution in [1.29, 1.82) is 0 Å². The number of hydrogen-bond donors (Lipinski definition) is 0. The predicted molar refractivity (Wildman–Crippen MR) is 65.7 cm³/mol. The van der Waals surface area contributed by atoms with Crippen molar-refractivity contribution in [3.8, 4) is 0 Å². The summed E-state index contributed by atoms with van der Waals surface area (Å²) in [6, 6.07) is 2.12. The van der Waals surface area contributed by atoms with Crippen LogP contribution in [0.2, 0.25) is 0 Å². The smallest absolute Gasteiger partial charge is 0.0843 e. The van der Waals surface area contributed by atoms with E-state index in [2.05, 4.69) is 37.9 Å². The van der Waals surface area contributed by atoms with Gasteiger partial charge in [0.15, 0.2) is 0 Å². The van der Waals surface area contributed by atoms with Gasteiger partial charge in [0, 0.05) is 9.35 Å². The lowest BCUT2D eigenvalue weighted by Crippen LogP contribution is -1.87. The fraction of sp³-hybridized carbons (Fsp3) is 0.556. The molecule has 2 rings (SSSR count). The SMILES string of the molecule is ClC(CC1CC1)c1cc(Br)c(Br)s1. The lowest BCUT2D eigenvalue weighted by atomic mass is 10.2. The van der Waals surface area contributed by atoms with Gasteiger partial charge in [0.25, 0.3) is 0 Å². The molecule has 1 fully saturated rings. The molecule has 1 aromatic heterocycles. The summed E-state index contributed by atoms with van der Waals surface area (Å²) in [5, 5.41) is 0.208. The molecule has 4 heteroatoms. The monoisotopic (exact) mass is 342 g/mol. The van der Waals surface area contributed by atoms with Gasteiger partial charge in [0.05, 0.1) is 9.16 Å². The van der Waals surface area contributed by atoms with Gasteiger partial charge in [-0.25, -0.2) is 0 Å². The summed E-state index contributed by atoms with van der Waals surface area (Å²) in [7, 11) is 0. The maximum absolute atomic E-state index is 6.30. The average molecular weight is 344 g/mol. The summed E-state index contributed by atoms with van der Waals surface area (Å²) in [6.45, 7) is 0. The van der Waals surface area contributed by atoms with Crippen LogP contribution in [-0.2, 0) is 0 Å². The van der Waals surface area contributed by atoms with Gasteiger partial charge in [-0.2, -0.15) is 0 Å². The highest BCUT2D eigenvalue weighted by atomic mass is 79.9. The molecule has 1 aromatic rings. The van der Waals surface area contributed by atoms with Crippen LogP contribution in [-0.4, -0.2) is 0 Å². The molecule has 0 amide bonds. The summed E-state index contributed by atoms with van der Waals surface area (Å²) >= 11 is 15.0. The molecule has 1 heterocycles. The largest absolute Gasteiger partial charge is 0.131 e. The van der Waals surface area contributed by atoms with Gasteiger partial charge in [0.2, 0.25) is 0 Å². The zero-order chi connectivity index (χ0) is 9.42. The molecule has 1 atom stereocenters. The van der Waals surface area contributed by atoms with Crippen molar-refractivity contribution in [1.82, 2.24) is 0 Å². The lowest BCUT2D eigenvalue weighted by molar-refractivity contribution is 0.713. The lowest BCUT2D eigenvalue weighted by Gasteiger charge is -2.04. The fourth-order valence-corrected chi connectivity index (χ4v) is 3.81. The van der Waals surface area contributed by atoms with Crippen molar-refractivity contribution >= 4 is 54.8 Å². The van der Waals surface area contributed by atoms with Crippen LogP contribution < -0.4 is 0 Å². The Balaban J connectivity index is 2.05. The van der Waals surface area contributed by atoms with E-state index in [1.807, 2.05) is 0 Å². The number of alkyl halides is 1. The van der Waals surface area contributed by atoms with E-state index < -0.39 is 0 Å². The van der Waals surface area contributed by atoms with Crippen LogP contribution in [0.3, 0.4) is 0 Å². The van der Waals surface area contributed by atoms with Gasteiger partial charge >= 0.3 is 0 Å². The fourth-order valence-electron chi connectivity index (χ4n) is 1.28. The van der Waals surface area contributed by atoms with Gasteiger partial charge in [0.1, 0.15) is 0 Å². The zero-order valence-corrected chi connectivity index (χ0v) is 11.6. The Kier molecular flexibility index (Phi) is 3.39. The molecule has 0 spiro atoms. The predicted octanol–water partition coefficient (Wildman–Crippen LogP) is 5.35. The average Bonchev–Trinajstić information content (AvgIpc) is 2.81. The molecular formula is C9H9Br2ClS. The Bertz CT molecular complexity index is 287. The van der Waals surface area contributed by atoms with Crippen LogP contribution >= 0.6 is 54.8 Å². The Morgan fingerprint density at radius 3 is 2.69 bits per heavy atom. The first-order chi connectivity index (χ1) is 6.16. The molecule has 13 heavy (non-hydrogen) atoms. The Labute approximate surface area is 104 Å². The quantitative estimate of drug-likeness (QED) is 0.648. The Hall–Kier alpha value is 0.950. The maximum atomic E-state index is 6.30. The summed E-state index contributed by atoms with van der Waals surface area (Å²) < 4.78 is 2.26. The number of rotatable bonds is 3. The second-order valence-electron chi connectivity index (χ2n) is 3.42. The summed E-state index contributed by atoms with van der Waals surface area (Å²) in [6.07, 6.45) is 3.88. The number of halogens is 3. The topological polar surface area (TPSA) is 0 Å². The van der Waals surface area contributed by atoms with Crippen LogP contribution in [0.4, 0.5) is 0 Å². The van der Waals surface area contributed by atoms with Gasteiger partial charge < -0.3 is 0 Å². The highest BCUT2D eigenvalue weighted by Crippen LogP contribution is 2.44. The third-order valence-corrected chi connectivity index (χ3v) is 6.12. The normalized spacial score (nSPS) is 19.0.